The van der Waals surface area contributed by atoms with Crippen molar-refractivity contribution in [2.45, 2.75) is 24.9 Å². The van der Waals surface area contributed by atoms with Gasteiger partial charge in [-0.05, 0) is 59.3 Å². The van der Waals surface area contributed by atoms with Gasteiger partial charge in [-0.3, -0.25) is 14.2 Å². The normalized spacial score (nSPS) is 11.2. The Balaban J connectivity index is 1.57. The predicted molar refractivity (Wildman–Crippen MR) is 130 cm³/mol. The first-order valence-corrected chi connectivity index (χ1v) is 12.0. The number of rotatable bonds is 6. The van der Waals surface area contributed by atoms with E-state index in [4.69, 9.17) is 11.6 Å². The van der Waals surface area contributed by atoms with Crippen LogP contribution in [0.25, 0.3) is 15.9 Å². The summed E-state index contributed by atoms with van der Waals surface area (Å²) in [6.45, 7) is 4.25. The van der Waals surface area contributed by atoms with Crippen molar-refractivity contribution >= 4 is 56.5 Å². The van der Waals surface area contributed by atoms with Crippen molar-refractivity contribution in [3.8, 4) is 5.69 Å². The molecule has 0 fully saturated rings. The highest BCUT2D eigenvalue weighted by Gasteiger charge is 2.16. The zero-order valence-corrected chi connectivity index (χ0v) is 19.4. The molecule has 0 atom stereocenters. The largest absolute Gasteiger partial charge is 0.325 e. The van der Waals surface area contributed by atoms with Crippen LogP contribution in [0.2, 0.25) is 5.02 Å². The summed E-state index contributed by atoms with van der Waals surface area (Å²) in [6.07, 6.45) is 0. The highest BCUT2D eigenvalue weighted by molar-refractivity contribution is 7.99. The molecule has 8 heteroatoms. The van der Waals surface area contributed by atoms with E-state index in [9.17, 15) is 9.59 Å². The van der Waals surface area contributed by atoms with Gasteiger partial charge >= 0.3 is 0 Å². The van der Waals surface area contributed by atoms with E-state index in [0.717, 1.165) is 5.69 Å². The maximum Gasteiger partial charge on any atom is 0.276 e. The Hall–Kier alpha value is -2.61. The fourth-order valence-corrected chi connectivity index (χ4v) is 4.78. The number of anilines is 1. The molecular formula is C23H20ClN3O2S2. The predicted octanol–water partition coefficient (Wildman–Crippen LogP) is 5.95. The van der Waals surface area contributed by atoms with E-state index in [0.29, 0.717) is 32.0 Å². The first-order chi connectivity index (χ1) is 14.9. The smallest absolute Gasteiger partial charge is 0.276 e. The molecule has 0 unspecified atom stereocenters. The van der Waals surface area contributed by atoms with Gasteiger partial charge in [0.15, 0.2) is 5.16 Å². The van der Waals surface area contributed by atoms with Crippen molar-refractivity contribution in [2.75, 3.05) is 11.1 Å². The second-order valence-corrected chi connectivity index (χ2v) is 9.55. The van der Waals surface area contributed by atoms with Crippen LogP contribution in [0.5, 0.6) is 0 Å². The Morgan fingerprint density at radius 2 is 1.84 bits per heavy atom. The Morgan fingerprint density at radius 3 is 2.52 bits per heavy atom. The SMILES string of the molecule is CC(C)c1ccc(NC(=O)CSc2nc3ccsc3c(=O)n2-c2ccc(Cl)cc2)cc1. The van der Waals surface area contributed by atoms with Gasteiger partial charge in [0, 0.05) is 10.7 Å². The number of fused-ring (bicyclic) bond motifs is 1. The average molecular weight is 470 g/mol. The van der Waals surface area contributed by atoms with E-state index in [1.165, 1.54) is 33.2 Å². The molecule has 0 bridgehead atoms. The number of nitrogens with one attached hydrogen (secondary N) is 1. The van der Waals surface area contributed by atoms with Crippen molar-refractivity contribution in [3.63, 3.8) is 0 Å². The third-order valence-corrected chi connectivity index (χ3v) is 6.81. The van der Waals surface area contributed by atoms with E-state index in [2.05, 4.69) is 24.1 Å². The molecule has 1 N–H and O–H groups in total. The number of carbonyl (C=O) groups excluding carboxylic acids is 1. The summed E-state index contributed by atoms with van der Waals surface area (Å²) in [6, 6.07) is 16.6. The number of hydrogen-bond donors (Lipinski definition) is 1. The number of hydrogen-bond acceptors (Lipinski definition) is 5. The van der Waals surface area contributed by atoms with Gasteiger partial charge in [0.25, 0.3) is 5.56 Å². The van der Waals surface area contributed by atoms with Crippen LogP contribution in [0.15, 0.2) is 69.9 Å². The Labute approximate surface area is 193 Å². The number of halogens is 1. The van der Waals surface area contributed by atoms with Gasteiger partial charge in [0.05, 0.1) is 17.0 Å². The lowest BCUT2D eigenvalue weighted by atomic mass is 10.0. The van der Waals surface area contributed by atoms with Crippen molar-refractivity contribution < 1.29 is 4.79 Å². The van der Waals surface area contributed by atoms with Gasteiger partial charge in [-0.2, -0.15) is 0 Å². The van der Waals surface area contributed by atoms with E-state index < -0.39 is 0 Å². The lowest BCUT2D eigenvalue weighted by molar-refractivity contribution is -0.113. The van der Waals surface area contributed by atoms with Crippen LogP contribution in [0.4, 0.5) is 5.69 Å². The summed E-state index contributed by atoms with van der Waals surface area (Å²) in [5, 5.41) is 5.79. The van der Waals surface area contributed by atoms with Crippen LogP contribution in [-0.2, 0) is 4.79 Å². The van der Waals surface area contributed by atoms with Crippen LogP contribution >= 0.6 is 34.7 Å². The summed E-state index contributed by atoms with van der Waals surface area (Å²) in [5.41, 5.74) is 3.09. The summed E-state index contributed by atoms with van der Waals surface area (Å²) in [7, 11) is 0. The molecule has 0 spiro atoms. The van der Waals surface area contributed by atoms with Gasteiger partial charge < -0.3 is 5.32 Å². The van der Waals surface area contributed by atoms with Crippen LogP contribution in [0.3, 0.4) is 0 Å². The third kappa shape index (κ3) is 4.84. The van der Waals surface area contributed by atoms with E-state index >= 15 is 0 Å². The van der Waals surface area contributed by atoms with Crippen LogP contribution in [0.1, 0.15) is 25.3 Å². The maximum atomic E-state index is 13.1. The molecule has 4 rings (SSSR count). The minimum Gasteiger partial charge on any atom is -0.325 e. The van der Waals surface area contributed by atoms with Crippen molar-refractivity contribution in [1.82, 2.24) is 9.55 Å². The topological polar surface area (TPSA) is 64.0 Å². The van der Waals surface area contributed by atoms with Crippen molar-refractivity contribution in [3.05, 3.63) is 80.9 Å². The first kappa shape index (κ1) is 21.6. The van der Waals surface area contributed by atoms with E-state index in [1.54, 1.807) is 24.3 Å². The molecule has 31 heavy (non-hydrogen) atoms. The van der Waals surface area contributed by atoms with Gasteiger partial charge in [-0.25, -0.2) is 4.98 Å². The standard InChI is InChI=1S/C23H20ClN3O2S2/c1-14(2)15-3-7-17(8-4-15)25-20(28)13-31-23-26-19-11-12-30-21(19)22(29)27(23)18-9-5-16(24)6-10-18/h3-12,14H,13H2,1-2H3,(H,25,28). The fraction of sp³-hybridized carbons (Fsp3) is 0.174. The van der Waals surface area contributed by atoms with Crippen LogP contribution in [0, 0.1) is 0 Å². The second-order valence-electron chi connectivity index (χ2n) is 7.26. The summed E-state index contributed by atoms with van der Waals surface area (Å²) in [5.74, 6) is 0.398. The minimum absolute atomic E-state index is 0.127. The zero-order chi connectivity index (χ0) is 22.0. The molecule has 2 aromatic carbocycles. The number of benzene rings is 2. The van der Waals surface area contributed by atoms with E-state index in [1.807, 2.05) is 35.7 Å². The molecular weight excluding hydrogens is 450 g/mol. The molecule has 2 aromatic heterocycles. The number of thioether (sulfide) groups is 1. The Morgan fingerprint density at radius 1 is 1.13 bits per heavy atom. The highest BCUT2D eigenvalue weighted by atomic mass is 35.5. The molecule has 2 heterocycles. The Kier molecular flexibility index (Phi) is 6.46. The number of amides is 1. The molecule has 5 nitrogen and oxygen atoms in total. The average Bonchev–Trinajstić information content (AvgIpc) is 3.23. The summed E-state index contributed by atoms with van der Waals surface area (Å²) < 4.78 is 2.11. The zero-order valence-electron chi connectivity index (χ0n) is 17.0. The van der Waals surface area contributed by atoms with Crippen LogP contribution in [-0.4, -0.2) is 21.2 Å². The lowest BCUT2D eigenvalue weighted by Gasteiger charge is -2.12. The van der Waals surface area contributed by atoms with Gasteiger partial charge in [0.2, 0.25) is 5.91 Å². The fourth-order valence-electron chi connectivity index (χ4n) is 3.09. The molecule has 0 aliphatic heterocycles. The van der Waals surface area contributed by atoms with Crippen molar-refractivity contribution in [2.24, 2.45) is 0 Å². The minimum atomic E-state index is -0.162. The molecule has 158 valence electrons. The second kappa shape index (κ2) is 9.26. The molecule has 0 aliphatic rings. The molecule has 0 aliphatic carbocycles. The summed E-state index contributed by atoms with van der Waals surface area (Å²) >= 11 is 8.58. The maximum absolute atomic E-state index is 13.1. The van der Waals surface area contributed by atoms with Gasteiger partial charge in [-0.15, -0.1) is 11.3 Å². The molecule has 0 radical (unpaired) electrons. The molecule has 0 saturated carbocycles. The highest BCUT2D eigenvalue weighted by Crippen LogP contribution is 2.25. The Bertz CT molecular complexity index is 1280. The number of nitrogens with zero attached hydrogens (tertiary/aromatic N) is 2. The number of thiophene rings is 1. The number of carbonyl (C=O) groups is 1. The first-order valence-electron chi connectivity index (χ1n) is 9.71. The lowest BCUT2D eigenvalue weighted by Crippen LogP contribution is -2.22. The van der Waals surface area contributed by atoms with E-state index in [-0.39, 0.29) is 17.2 Å². The number of aromatic nitrogens is 2. The van der Waals surface area contributed by atoms with Crippen molar-refractivity contribution in [1.29, 1.82) is 0 Å². The van der Waals surface area contributed by atoms with Crippen LogP contribution < -0.4 is 10.9 Å². The molecule has 0 saturated heterocycles. The molecule has 1 amide bonds. The summed E-state index contributed by atoms with van der Waals surface area (Å²) in [4.78, 5) is 30.3. The van der Waals surface area contributed by atoms with Gasteiger partial charge in [0.1, 0.15) is 4.70 Å². The van der Waals surface area contributed by atoms with Gasteiger partial charge in [-0.1, -0.05) is 49.3 Å². The monoisotopic (exact) mass is 469 g/mol. The quantitative estimate of drug-likeness (QED) is 0.280. The molecule has 4 aromatic rings. The third-order valence-electron chi connectivity index (χ3n) is 4.73.